The number of fused-ring (bicyclic) bond motifs is 1. The largest absolute Gasteiger partial charge is 0.573 e. The first kappa shape index (κ1) is 30.8. The van der Waals surface area contributed by atoms with E-state index in [9.17, 15) is 18.0 Å². The Bertz CT molecular complexity index is 1530. The zero-order valence-electron chi connectivity index (χ0n) is 23.2. The monoisotopic (exact) mass is 603 g/mol. The number of nitrogens with zero attached hydrogens (tertiary/aromatic N) is 1. The third kappa shape index (κ3) is 7.97. The van der Waals surface area contributed by atoms with Crippen LogP contribution in [-0.4, -0.2) is 31.2 Å². The molecule has 0 atom stereocenters. The Morgan fingerprint density at radius 3 is 2.19 bits per heavy atom. The van der Waals surface area contributed by atoms with Crippen molar-refractivity contribution in [1.82, 2.24) is 4.98 Å². The van der Waals surface area contributed by atoms with Crippen LogP contribution in [0, 0.1) is 6.92 Å². The molecule has 1 aromatic heterocycles. The predicted molar refractivity (Wildman–Crippen MR) is 153 cm³/mol. The van der Waals surface area contributed by atoms with Crippen LogP contribution in [0.5, 0.6) is 28.7 Å². The van der Waals surface area contributed by atoms with Gasteiger partial charge in [0.25, 0.3) is 0 Å². The van der Waals surface area contributed by atoms with Crippen molar-refractivity contribution >= 4 is 28.7 Å². The lowest BCUT2D eigenvalue weighted by Crippen LogP contribution is -2.16. The van der Waals surface area contributed by atoms with Gasteiger partial charge in [-0.15, -0.1) is 13.2 Å². The van der Waals surface area contributed by atoms with E-state index in [1.807, 2.05) is 0 Å². The Labute approximate surface area is 246 Å². The fourth-order valence-corrected chi connectivity index (χ4v) is 4.53. The molecule has 0 saturated heterocycles. The van der Waals surface area contributed by atoms with Crippen molar-refractivity contribution in [3.05, 3.63) is 71.4 Å². The minimum atomic E-state index is -4.78. The van der Waals surface area contributed by atoms with Crippen LogP contribution in [0.15, 0.2) is 60.7 Å². The van der Waals surface area contributed by atoms with Crippen molar-refractivity contribution in [2.45, 2.75) is 45.9 Å². The predicted octanol–water partition coefficient (Wildman–Crippen LogP) is 9.66. The first-order chi connectivity index (χ1) is 20.1. The lowest BCUT2D eigenvalue weighted by atomic mass is 10.00. The fourth-order valence-electron chi connectivity index (χ4n) is 4.29. The minimum absolute atomic E-state index is 0.231. The van der Waals surface area contributed by atoms with Gasteiger partial charge >= 0.3 is 12.5 Å². The molecule has 1 heterocycles. The highest BCUT2D eigenvalue weighted by Gasteiger charge is 2.31. The molecular weight excluding hydrogens is 575 g/mol. The molecule has 3 aromatic carbocycles. The van der Waals surface area contributed by atoms with Gasteiger partial charge in [0.15, 0.2) is 5.75 Å². The number of rotatable bonds is 11. The molecule has 4 aromatic rings. The standard InChI is InChI=1S/C31H29ClF3NO6/c1-4-5-6-7-16-39-30(37)41-29-24-17-25(32)27(38-3)18-26(24)36-19(2)28(29)20-8-10-21(11-9-20)40-22-12-14-23(15-13-22)42-31(33,34)35/h8-15,17-18H,4-7,16H2,1-3H3. The van der Waals surface area contributed by atoms with Gasteiger partial charge in [0, 0.05) is 22.7 Å². The normalized spacial score (nSPS) is 11.3. The number of benzene rings is 3. The van der Waals surface area contributed by atoms with E-state index < -0.39 is 12.5 Å². The topological polar surface area (TPSA) is 76.1 Å². The molecule has 7 nitrogen and oxygen atoms in total. The summed E-state index contributed by atoms with van der Waals surface area (Å²) in [5.41, 5.74) is 2.31. The number of aryl methyl sites for hydroxylation is 1. The van der Waals surface area contributed by atoms with Gasteiger partial charge in [-0.2, -0.15) is 0 Å². The average Bonchev–Trinajstić information content (AvgIpc) is 2.94. The van der Waals surface area contributed by atoms with E-state index in [0.29, 0.717) is 50.0 Å². The molecule has 11 heteroatoms. The Morgan fingerprint density at radius 2 is 1.57 bits per heavy atom. The highest BCUT2D eigenvalue weighted by atomic mass is 35.5. The lowest BCUT2D eigenvalue weighted by molar-refractivity contribution is -0.274. The second kappa shape index (κ2) is 13.7. The summed E-state index contributed by atoms with van der Waals surface area (Å²) in [4.78, 5) is 17.4. The van der Waals surface area contributed by atoms with Crippen LogP contribution in [0.4, 0.5) is 18.0 Å². The molecule has 42 heavy (non-hydrogen) atoms. The third-order valence-electron chi connectivity index (χ3n) is 6.23. The van der Waals surface area contributed by atoms with Crippen LogP contribution >= 0.6 is 11.6 Å². The second-order valence-electron chi connectivity index (χ2n) is 9.31. The van der Waals surface area contributed by atoms with Crippen LogP contribution in [0.3, 0.4) is 0 Å². The van der Waals surface area contributed by atoms with Crippen LogP contribution in [0.25, 0.3) is 22.0 Å². The number of methoxy groups -OCH3 is 1. The van der Waals surface area contributed by atoms with Gasteiger partial charge in [0.05, 0.1) is 24.3 Å². The molecule has 0 bridgehead atoms. The van der Waals surface area contributed by atoms with Crippen molar-refractivity contribution in [2.24, 2.45) is 0 Å². The van der Waals surface area contributed by atoms with Gasteiger partial charge < -0.3 is 23.7 Å². The van der Waals surface area contributed by atoms with Crippen molar-refractivity contribution < 1.29 is 41.7 Å². The number of pyridine rings is 1. The molecule has 0 unspecified atom stereocenters. The lowest BCUT2D eigenvalue weighted by Gasteiger charge is -2.17. The third-order valence-corrected chi connectivity index (χ3v) is 6.53. The Balaban J connectivity index is 1.62. The quantitative estimate of drug-likeness (QED) is 0.125. The highest BCUT2D eigenvalue weighted by Crippen LogP contribution is 2.42. The summed E-state index contributed by atoms with van der Waals surface area (Å²) in [5.74, 6) is 1.04. The van der Waals surface area contributed by atoms with Crippen molar-refractivity contribution in [3.8, 4) is 39.9 Å². The minimum Gasteiger partial charge on any atom is -0.495 e. The molecule has 0 aliphatic rings. The SMILES string of the molecule is CCCCCCOC(=O)Oc1c(-c2ccc(Oc3ccc(OC(F)(F)F)cc3)cc2)c(C)nc2cc(OC)c(Cl)cc12. The van der Waals surface area contributed by atoms with Gasteiger partial charge in [0.1, 0.15) is 23.0 Å². The van der Waals surface area contributed by atoms with E-state index >= 15 is 0 Å². The molecule has 0 aliphatic carbocycles. The van der Waals surface area contributed by atoms with Gasteiger partial charge in [-0.05, 0) is 61.4 Å². The summed E-state index contributed by atoms with van der Waals surface area (Å²) in [6, 6.07) is 15.2. The summed E-state index contributed by atoms with van der Waals surface area (Å²) < 4.78 is 63.4. The molecule has 0 radical (unpaired) electrons. The van der Waals surface area contributed by atoms with Gasteiger partial charge in [-0.3, -0.25) is 4.98 Å². The number of hydrogen-bond donors (Lipinski definition) is 0. The van der Waals surface area contributed by atoms with Crippen molar-refractivity contribution in [3.63, 3.8) is 0 Å². The maximum absolute atomic E-state index is 12.7. The van der Waals surface area contributed by atoms with Crippen LogP contribution in [-0.2, 0) is 4.74 Å². The molecule has 0 aliphatic heterocycles. The van der Waals surface area contributed by atoms with E-state index in [1.54, 1.807) is 43.3 Å². The molecule has 0 amide bonds. The number of unbranched alkanes of at least 4 members (excludes halogenated alkanes) is 3. The first-order valence-corrected chi connectivity index (χ1v) is 13.6. The summed E-state index contributed by atoms with van der Waals surface area (Å²) in [6.07, 6.45) is -1.83. The van der Waals surface area contributed by atoms with E-state index in [0.717, 1.165) is 37.8 Å². The van der Waals surface area contributed by atoms with Crippen LogP contribution in [0.2, 0.25) is 5.02 Å². The van der Waals surface area contributed by atoms with Crippen LogP contribution < -0.4 is 18.9 Å². The summed E-state index contributed by atoms with van der Waals surface area (Å²) in [6.45, 7) is 4.12. The molecule has 4 rings (SSSR count). The molecule has 0 fully saturated rings. The fraction of sp³-hybridized carbons (Fsp3) is 0.290. The van der Waals surface area contributed by atoms with Gasteiger partial charge in [-0.1, -0.05) is 49.9 Å². The highest BCUT2D eigenvalue weighted by molar-refractivity contribution is 6.33. The first-order valence-electron chi connectivity index (χ1n) is 13.2. The Kier molecular flexibility index (Phi) is 10.0. The molecule has 0 N–H and O–H groups in total. The summed E-state index contributed by atoms with van der Waals surface area (Å²) in [5, 5.41) is 0.806. The molecule has 222 valence electrons. The smallest absolute Gasteiger partial charge is 0.495 e. The number of halogens is 4. The molecule has 0 saturated carbocycles. The van der Waals surface area contributed by atoms with Crippen molar-refractivity contribution in [2.75, 3.05) is 13.7 Å². The Morgan fingerprint density at radius 1 is 0.929 bits per heavy atom. The van der Waals surface area contributed by atoms with E-state index in [1.165, 1.54) is 19.2 Å². The average molecular weight is 604 g/mol. The maximum Gasteiger partial charge on any atom is 0.573 e. The van der Waals surface area contributed by atoms with Crippen molar-refractivity contribution in [1.29, 1.82) is 0 Å². The number of aromatic nitrogens is 1. The number of carbonyl (C=O) groups excluding carboxylic acids is 1. The van der Waals surface area contributed by atoms with Gasteiger partial charge in [-0.25, -0.2) is 4.79 Å². The molecular formula is C31H29ClF3NO6. The Hall–Kier alpha value is -4.18. The zero-order valence-corrected chi connectivity index (χ0v) is 24.0. The summed E-state index contributed by atoms with van der Waals surface area (Å²) in [7, 11) is 1.50. The number of alkyl halides is 3. The van der Waals surface area contributed by atoms with Gasteiger partial charge in [0.2, 0.25) is 0 Å². The van der Waals surface area contributed by atoms with E-state index in [2.05, 4.69) is 11.7 Å². The molecule has 0 spiro atoms. The second-order valence-corrected chi connectivity index (χ2v) is 9.72. The van der Waals surface area contributed by atoms with Crippen LogP contribution in [0.1, 0.15) is 38.3 Å². The van der Waals surface area contributed by atoms with E-state index in [4.69, 9.17) is 35.5 Å². The zero-order chi connectivity index (χ0) is 30.3. The number of hydrogen-bond acceptors (Lipinski definition) is 7. The summed E-state index contributed by atoms with van der Waals surface area (Å²) >= 11 is 6.42. The van der Waals surface area contributed by atoms with E-state index in [-0.39, 0.29) is 18.1 Å². The number of ether oxygens (including phenoxy) is 5. The number of carbonyl (C=O) groups is 1. The maximum atomic E-state index is 12.7.